The Kier molecular flexibility index (Phi) is 4.05. The first kappa shape index (κ1) is 11.0. The van der Waals surface area contributed by atoms with Crippen molar-refractivity contribution in [1.82, 2.24) is 10.2 Å². The largest absolute Gasteiger partial charge is 0.313 e. The third-order valence-electron chi connectivity index (χ3n) is 3.68. The molecule has 2 unspecified atom stereocenters. The minimum atomic E-state index is 0.753. The smallest absolute Gasteiger partial charge is 0.0214 e. The number of nitrogens with zero attached hydrogens (tertiary/aromatic N) is 1. The van der Waals surface area contributed by atoms with Crippen molar-refractivity contribution in [3.05, 3.63) is 0 Å². The maximum atomic E-state index is 3.64. The fraction of sp³-hybridized carbons (Fsp3) is 0.846. The summed E-state index contributed by atoms with van der Waals surface area (Å²) >= 11 is 0. The molecular weight excluding hydrogens is 184 g/mol. The number of rotatable bonds is 3. The lowest BCUT2D eigenvalue weighted by atomic mass is 9.97. The molecule has 0 aromatic heterocycles. The van der Waals surface area contributed by atoms with Gasteiger partial charge < -0.3 is 10.2 Å². The van der Waals surface area contributed by atoms with E-state index >= 15 is 0 Å². The highest BCUT2D eigenvalue weighted by atomic mass is 15.2. The molecule has 2 heterocycles. The standard InChI is InChI=1S/C13H22N2/c1-2-3-4-8-14-12-7-10-15-9-5-6-13(15)11-12/h12-14H,4-11H2,1H3. The number of hydrogen-bond donors (Lipinski definition) is 1. The van der Waals surface area contributed by atoms with Gasteiger partial charge in [-0.1, -0.05) is 0 Å². The lowest BCUT2D eigenvalue weighted by Crippen LogP contribution is -2.45. The summed E-state index contributed by atoms with van der Waals surface area (Å²) in [6.45, 7) is 5.63. The van der Waals surface area contributed by atoms with Crippen molar-refractivity contribution in [3.8, 4) is 11.8 Å². The number of hydrogen-bond acceptors (Lipinski definition) is 2. The minimum Gasteiger partial charge on any atom is -0.313 e. The Bertz CT molecular complexity index is 251. The first-order valence-electron chi connectivity index (χ1n) is 6.27. The van der Waals surface area contributed by atoms with Crippen molar-refractivity contribution >= 4 is 0 Å². The van der Waals surface area contributed by atoms with Gasteiger partial charge in [0.1, 0.15) is 0 Å². The van der Waals surface area contributed by atoms with E-state index in [9.17, 15) is 0 Å². The predicted octanol–water partition coefficient (Wildman–Crippen LogP) is 1.62. The average Bonchev–Trinajstić information content (AvgIpc) is 2.71. The minimum absolute atomic E-state index is 0.753. The van der Waals surface area contributed by atoms with Gasteiger partial charge in [-0.05, 0) is 45.7 Å². The van der Waals surface area contributed by atoms with Gasteiger partial charge in [0.05, 0.1) is 0 Å². The van der Waals surface area contributed by atoms with Crippen LogP contribution in [0.25, 0.3) is 0 Å². The van der Waals surface area contributed by atoms with E-state index in [1.165, 1.54) is 38.8 Å². The highest BCUT2D eigenvalue weighted by Gasteiger charge is 2.30. The zero-order valence-electron chi connectivity index (χ0n) is 9.76. The molecule has 0 spiro atoms. The molecular formula is C13H22N2. The monoisotopic (exact) mass is 206 g/mol. The average molecular weight is 206 g/mol. The molecule has 0 saturated carbocycles. The topological polar surface area (TPSA) is 15.3 Å². The van der Waals surface area contributed by atoms with Crippen molar-refractivity contribution < 1.29 is 0 Å². The van der Waals surface area contributed by atoms with E-state index < -0.39 is 0 Å². The van der Waals surface area contributed by atoms with Crippen LogP contribution >= 0.6 is 0 Å². The molecule has 2 aliphatic heterocycles. The Morgan fingerprint density at radius 3 is 3.13 bits per heavy atom. The molecule has 1 N–H and O–H groups in total. The lowest BCUT2D eigenvalue weighted by Gasteiger charge is -2.35. The molecule has 2 aliphatic rings. The van der Waals surface area contributed by atoms with Gasteiger partial charge in [-0.15, -0.1) is 11.8 Å². The molecule has 2 nitrogen and oxygen atoms in total. The molecule has 15 heavy (non-hydrogen) atoms. The Morgan fingerprint density at radius 1 is 1.33 bits per heavy atom. The van der Waals surface area contributed by atoms with Crippen molar-refractivity contribution in [3.63, 3.8) is 0 Å². The zero-order valence-corrected chi connectivity index (χ0v) is 9.76. The Hall–Kier alpha value is -0.520. The molecule has 2 heteroatoms. The third-order valence-corrected chi connectivity index (χ3v) is 3.68. The van der Waals surface area contributed by atoms with Gasteiger partial charge >= 0.3 is 0 Å². The lowest BCUT2D eigenvalue weighted by molar-refractivity contribution is 0.168. The van der Waals surface area contributed by atoms with Crippen LogP contribution in [0.4, 0.5) is 0 Å². The predicted molar refractivity (Wildman–Crippen MR) is 63.7 cm³/mol. The van der Waals surface area contributed by atoms with Crippen molar-refractivity contribution in [2.75, 3.05) is 19.6 Å². The van der Waals surface area contributed by atoms with Gasteiger partial charge in [-0.2, -0.15) is 0 Å². The molecule has 2 atom stereocenters. The molecule has 0 amide bonds. The molecule has 84 valence electrons. The first-order valence-corrected chi connectivity index (χ1v) is 6.27. The maximum Gasteiger partial charge on any atom is 0.0214 e. The summed E-state index contributed by atoms with van der Waals surface area (Å²) in [6.07, 6.45) is 6.53. The van der Waals surface area contributed by atoms with E-state index in [0.29, 0.717) is 0 Å². The summed E-state index contributed by atoms with van der Waals surface area (Å²) in [6, 6.07) is 1.64. The van der Waals surface area contributed by atoms with Crippen LogP contribution in [0.3, 0.4) is 0 Å². The van der Waals surface area contributed by atoms with Gasteiger partial charge in [-0.25, -0.2) is 0 Å². The van der Waals surface area contributed by atoms with E-state index in [1.54, 1.807) is 0 Å². The van der Waals surface area contributed by atoms with Crippen LogP contribution in [0.2, 0.25) is 0 Å². The van der Waals surface area contributed by atoms with Crippen LogP contribution < -0.4 is 5.32 Å². The SMILES string of the molecule is CC#CCCNC1CCN2CCCC2C1. The van der Waals surface area contributed by atoms with Gasteiger partial charge in [0.15, 0.2) is 0 Å². The Morgan fingerprint density at radius 2 is 2.27 bits per heavy atom. The van der Waals surface area contributed by atoms with E-state index in [-0.39, 0.29) is 0 Å². The van der Waals surface area contributed by atoms with Crippen molar-refractivity contribution in [1.29, 1.82) is 0 Å². The van der Waals surface area contributed by atoms with E-state index in [4.69, 9.17) is 0 Å². The molecule has 2 saturated heterocycles. The Balaban J connectivity index is 1.68. The highest BCUT2D eigenvalue weighted by molar-refractivity contribution is 4.96. The highest BCUT2D eigenvalue weighted by Crippen LogP contribution is 2.26. The van der Waals surface area contributed by atoms with Gasteiger partial charge in [0.2, 0.25) is 0 Å². The van der Waals surface area contributed by atoms with E-state index in [2.05, 4.69) is 22.1 Å². The number of piperidine rings is 1. The van der Waals surface area contributed by atoms with Crippen LogP contribution in [0.5, 0.6) is 0 Å². The van der Waals surface area contributed by atoms with E-state index in [1.807, 2.05) is 6.92 Å². The second-order valence-electron chi connectivity index (χ2n) is 4.68. The molecule has 0 aromatic rings. The number of nitrogens with one attached hydrogen (secondary N) is 1. The molecule has 0 aliphatic carbocycles. The summed E-state index contributed by atoms with van der Waals surface area (Å²) in [5.41, 5.74) is 0. The second kappa shape index (κ2) is 5.53. The van der Waals surface area contributed by atoms with Crippen LogP contribution in [0.15, 0.2) is 0 Å². The number of fused-ring (bicyclic) bond motifs is 1. The van der Waals surface area contributed by atoms with Gasteiger partial charge in [0.25, 0.3) is 0 Å². The van der Waals surface area contributed by atoms with Crippen LogP contribution in [0, 0.1) is 11.8 Å². The maximum absolute atomic E-state index is 3.64. The third kappa shape index (κ3) is 2.96. The molecule has 0 aromatic carbocycles. The summed E-state index contributed by atoms with van der Waals surface area (Å²) in [7, 11) is 0. The summed E-state index contributed by atoms with van der Waals surface area (Å²) in [5.74, 6) is 6.06. The molecule has 0 bridgehead atoms. The summed E-state index contributed by atoms with van der Waals surface area (Å²) in [5, 5.41) is 3.64. The van der Waals surface area contributed by atoms with Crippen molar-refractivity contribution in [2.24, 2.45) is 0 Å². The summed E-state index contributed by atoms with van der Waals surface area (Å²) < 4.78 is 0. The van der Waals surface area contributed by atoms with Crippen LogP contribution in [0.1, 0.15) is 39.0 Å². The van der Waals surface area contributed by atoms with Crippen LogP contribution in [-0.4, -0.2) is 36.6 Å². The summed E-state index contributed by atoms with van der Waals surface area (Å²) in [4.78, 5) is 2.67. The second-order valence-corrected chi connectivity index (χ2v) is 4.68. The fourth-order valence-corrected chi connectivity index (χ4v) is 2.87. The normalized spacial score (nSPS) is 30.7. The van der Waals surface area contributed by atoms with Gasteiger partial charge in [0, 0.05) is 25.0 Å². The molecule has 0 radical (unpaired) electrons. The molecule has 2 fully saturated rings. The quantitative estimate of drug-likeness (QED) is 0.557. The molecule has 2 rings (SSSR count). The first-order chi connectivity index (χ1) is 7.40. The zero-order chi connectivity index (χ0) is 10.5. The fourth-order valence-electron chi connectivity index (χ4n) is 2.87. The Labute approximate surface area is 93.4 Å². The van der Waals surface area contributed by atoms with Gasteiger partial charge in [-0.3, -0.25) is 0 Å². The van der Waals surface area contributed by atoms with Crippen LogP contribution in [-0.2, 0) is 0 Å². The van der Waals surface area contributed by atoms with E-state index in [0.717, 1.165) is 25.0 Å². The van der Waals surface area contributed by atoms with Crippen molar-refractivity contribution in [2.45, 2.75) is 51.1 Å².